The van der Waals surface area contributed by atoms with Crippen LogP contribution in [0.2, 0.25) is 10.0 Å². The van der Waals surface area contributed by atoms with E-state index < -0.39 is 28.5 Å². The zero-order valence-corrected chi connectivity index (χ0v) is 24.8. The number of carbonyl (C=O) groups is 2. The molecule has 2 amide bonds. The summed E-state index contributed by atoms with van der Waals surface area (Å²) in [5.74, 6) is -0.183. The van der Waals surface area contributed by atoms with Crippen LogP contribution in [0.25, 0.3) is 0 Å². The lowest BCUT2D eigenvalue weighted by atomic mass is 10.1. The molecule has 0 unspecified atom stereocenters. The first kappa shape index (κ1) is 31.5. The van der Waals surface area contributed by atoms with Gasteiger partial charge in [0.2, 0.25) is 21.8 Å². The monoisotopic (exact) mass is 587 g/mol. The number of anilines is 1. The highest BCUT2D eigenvalue weighted by molar-refractivity contribution is 7.92. The smallest absolute Gasteiger partial charge is 0.244 e. The van der Waals surface area contributed by atoms with Crippen LogP contribution in [-0.2, 0) is 26.2 Å². The second-order valence-corrected chi connectivity index (χ2v) is 11.8. The van der Waals surface area contributed by atoms with E-state index in [1.807, 2.05) is 13.8 Å². The number of methoxy groups -OCH3 is 2. The molecule has 210 valence electrons. The van der Waals surface area contributed by atoms with Crippen molar-refractivity contribution >= 4 is 50.7 Å². The van der Waals surface area contributed by atoms with Gasteiger partial charge in [-0.25, -0.2) is 8.42 Å². The van der Waals surface area contributed by atoms with Gasteiger partial charge < -0.3 is 19.7 Å². The van der Waals surface area contributed by atoms with Gasteiger partial charge >= 0.3 is 0 Å². The van der Waals surface area contributed by atoms with Crippen molar-refractivity contribution < 1.29 is 27.5 Å². The predicted octanol–water partition coefficient (Wildman–Crippen LogP) is 4.36. The maximum atomic E-state index is 13.9. The molecule has 0 saturated carbocycles. The Hall–Kier alpha value is -2.69. The highest BCUT2D eigenvalue weighted by atomic mass is 35.5. The van der Waals surface area contributed by atoms with Crippen LogP contribution in [0.4, 0.5) is 5.69 Å². The lowest BCUT2D eigenvalue weighted by molar-refractivity contribution is -0.140. The molecule has 0 spiro atoms. The molecule has 1 atom stereocenters. The van der Waals surface area contributed by atoms with Crippen LogP contribution in [0.3, 0.4) is 0 Å². The molecule has 0 bridgehead atoms. The van der Waals surface area contributed by atoms with E-state index in [4.69, 9.17) is 32.7 Å². The third kappa shape index (κ3) is 8.15. The number of benzene rings is 2. The first-order valence-corrected chi connectivity index (χ1v) is 14.6. The quantitative estimate of drug-likeness (QED) is 0.373. The van der Waals surface area contributed by atoms with E-state index in [-0.39, 0.29) is 36.2 Å². The number of carbonyl (C=O) groups excluding carboxylic acids is 2. The Morgan fingerprint density at radius 1 is 1.05 bits per heavy atom. The van der Waals surface area contributed by atoms with Crippen molar-refractivity contribution in [2.45, 2.75) is 39.8 Å². The van der Waals surface area contributed by atoms with Gasteiger partial charge in [-0.1, -0.05) is 50.0 Å². The summed E-state index contributed by atoms with van der Waals surface area (Å²) in [4.78, 5) is 28.4. The minimum Gasteiger partial charge on any atom is -0.497 e. The molecular formula is C26H35Cl2N3O6S. The molecule has 38 heavy (non-hydrogen) atoms. The summed E-state index contributed by atoms with van der Waals surface area (Å²) in [6.07, 6.45) is 1.26. The molecule has 2 rings (SSSR count). The van der Waals surface area contributed by atoms with Crippen molar-refractivity contribution in [1.82, 2.24) is 10.2 Å². The average Bonchev–Trinajstić information content (AvgIpc) is 2.86. The molecule has 9 nitrogen and oxygen atoms in total. The molecule has 0 radical (unpaired) electrons. The Bertz CT molecular complexity index is 1220. The van der Waals surface area contributed by atoms with Crippen molar-refractivity contribution in [3.63, 3.8) is 0 Å². The van der Waals surface area contributed by atoms with Crippen LogP contribution >= 0.6 is 23.2 Å². The van der Waals surface area contributed by atoms with Gasteiger partial charge in [-0.3, -0.25) is 13.9 Å². The molecule has 0 heterocycles. The molecule has 12 heteroatoms. The standard InChI is InChI=1S/C26H35Cl2N3O6S/c1-7-22(26(33)29-14-17(2)3)30(15-19-20(27)9-8-10-21(19)28)25(32)16-31(38(6,34)35)23-13-18(36-4)11-12-24(23)37-5/h8-13,17,22H,7,14-16H2,1-6H3,(H,29,33)/t22-/m0/s1. The Morgan fingerprint density at radius 2 is 1.68 bits per heavy atom. The van der Waals surface area contributed by atoms with Crippen molar-refractivity contribution in [2.24, 2.45) is 5.92 Å². The zero-order chi connectivity index (χ0) is 28.6. The van der Waals surface area contributed by atoms with E-state index in [9.17, 15) is 18.0 Å². The van der Waals surface area contributed by atoms with Crippen LogP contribution in [-0.4, -0.2) is 64.7 Å². The first-order valence-electron chi connectivity index (χ1n) is 12.0. The van der Waals surface area contributed by atoms with Gasteiger partial charge in [0.15, 0.2) is 0 Å². The number of amides is 2. The van der Waals surface area contributed by atoms with Gasteiger partial charge in [-0.2, -0.15) is 0 Å². The summed E-state index contributed by atoms with van der Waals surface area (Å²) in [5, 5.41) is 3.51. The third-order valence-corrected chi connectivity index (χ3v) is 7.63. The molecule has 0 aliphatic heterocycles. The second-order valence-electron chi connectivity index (χ2n) is 9.09. The van der Waals surface area contributed by atoms with E-state index in [2.05, 4.69) is 5.32 Å². The van der Waals surface area contributed by atoms with Gasteiger partial charge in [-0.05, 0) is 36.6 Å². The van der Waals surface area contributed by atoms with Crippen LogP contribution < -0.4 is 19.1 Å². The number of rotatable bonds is 13. The van der Waals surface area contributed by atoms with Crippen LogP contribution in [0.5, 0.6) is 11.5 Å². The van der Waals surface area contributed by atoms with Crippen molar-refractivity contribution in [1.29, 1.82) is 0 Å². The predicted molar refractivity (Wildman–Crippen MR) is 151 cm³/mol. The summed E-state index contributed by atoms with van der Waals surface area (Å²) in [6.45, 7) is 5.41. The van der Waals surface area contributed by atoms with E-state index in [0.717, 1.165) is 10.6 Å². The number of sulfonamides is 1. The molecule has 0 aromatic heterocycles. The number of nitrogens with zero attached hydrogens (tertiary/aromatic N) is 2. The molecule has 0 aliphatic rings. The maximum Gasteiger partial charge on any atom is 0.244 e. The lowest BCUT2D eigenvalue weighted by Gasteiger charge is -2.33. The Kier molecular flexibility index (Phi) is 11.5. The van der Waals surface area contributed by atoms with E-state index in [1.165, 1.54) is 25.2 Å². The normalized spacial score (nSPS) is 12.1. The van der Waals surface area contributed by atoms with Crippen LogP contribution in [0.1, 0.15) is 32.8 Å². The Labute approximate surface area is 235 Å². The zero-order valence-electron chi connectivity index (χ0n) is 22.5. The van der Waals surface area contributed by atoms with E-state index in [0.29, 0.717) is 27.9 Å². The summed E-state index contributed by atoms with van der Waals surface area (Å²) in [7, 11) is -1.13. The highest BCUT2D eigenvalue weighted by Gasteiger charge is 2.33. The van der Waals surface area contributed by atoms with E-state index in [1.54, 1.807) is 37.3 Å². The van der Waals surface area contributed by atoms with Gasteiger partial charge in [-0.15, -0.1) is 0 Å². The Morgan fingerprint density at radius 3 is 2.18 bits per heavy atom. The van der Waals surface area contributed by atoms with Gasteiger partial charge in [0.05, 0.1) is 26.2 Å². The van der Waals surface area contributed by atoms with Gasteiger partial charge in [0, 0.05) is 34.8 Å². The molecule has 2 aromatic rings. The Balaban J connectivity index is 2.57. The molecule has 0 fully saturated rings. The lowest BCUT2D eigenvalue weighted by Crippen LogP contribution is -2.52. The fraction of sp³-hybridized carbons (Fsp3) is 0.462. The molecule has 2 aromatic carbocycles. The summed E-state index contributed by atoms with van der Waals surface area (Å²) < 4.78 is 37.4. The first-order chi connectivity index (χ1) is 17.8. The van der Waals surface area contributed by atoms with Gasteiger partial charge in [0.25, 0.3) is 0 Å². The van der Waals surface area contributed by atoms with E-state index >= 15 is 0 Å². The average molecular weight is 589 g/mol. The van der Waals surface area contributed by atoms with Crippen molar-refractivity contribution in [3.8, 4) is 11.5 Å². The number of halogens is 2. The number of hydrogen-bond acceptors (Lipinski definition) is 6. The summed E-state index contributed by atoms with van der Waals surface area (Å²) in [6, 6.07) is 8.67. The van der Waals surface area contributed by atoms with Gasteiger partial charge in [0.1, 0.15) is 24.1 Å². The minimum atomic E-state index is -3.97. The van der Waals surface area contributed by atoms with Crippen LogP contribution in [0.15, 0.2) is 36.4 Å². The number of ether oxygens (including phenoxy) is 2. The molecular weight excluding hydrogens is 553 g/mol. The highest BCUT2D eigenvalue weighted by Crippen LogP contribution is 2.34. The van der Waals surface area contributed by atoms with Crippen LogP contribution in [0, 0.1) is 5.92 Å². The second kappa shape index (κ2) is 13.9. The molecule has 1 N–H and O–H groups in total. The largest absolute Gasteiger partial charge is 0.497 e. The van der Waals surface area contributed by atoms with Crippen molar-refractivity contribution in [3.05, 3.63) is 52.0 Å². The fourth-order valence-corrected chi connectivity index (χ4v) is 5.14. The number of hydrogen-bond donors (Lipinski definition) is 1. The third-order valence-electron chi connectivity index (χ3n) is 5.79. The topological polar surface area (TPSA) is 105 Å². The molecule has 0 saturated heterocycles. The summed E-state index contributed by atoms with van der Waals surface area (Å²) >= 11 is 12.8. The molecule has 0 aliphatic carbocycles. The van der Waals surface area contributed by atoms with Crippen molar-refractivity contribution in [2.75, 3.05) is 37.9 Å². The fourth-order valence-electron chi connectivity index (χ4n) is 3.78. The minimum absolute atomic E-state index is 0.0994. The SMILES string of the molecule is CC[C@@H](C(=O)NCC(C)C)N(Cc1c(Cl)cccc1Cl)C(=O)CN(c1cc(OC)ccc1OC)S(C)(=O)=O. The summed E-state index contributed by atoms with van der Waals surface area (Å²) in [5.41, 5.74) is 0.569. The number of nitrogens with one attached hydrogen (secondary N) is 1. The maximum absolute atomic E-state index is 13.9.